The number of alkyl halides is 3. The predicted molar refractivity (Wildman–Crippen MR) is 59.2 cm³/mol. The minimum Gasteiger partial charge on any atom is -0.376 e. The SMILES string of the molecule is CC(Nc1ncc(C(F)(F)F)s1)C1CCCO1. The second-order valence-electron chi connectivity index (χ2n) is 4.01. The minimum absolute atomic E-state index is 0.0234. The Labute approximate surface area is 101 Å². The van der Waals surface area contributed by atoms with E-state index in [-0.39, 0.29) is 12.1 Å². The summed E-state index contributed by atoms with van der Waals surface area (Å²) in [7, 11) is 0. The molecule has 0 saturated carbocycles. The highest BCUT2D eigenvalue weighted by Gasteiger charge is 2.33. The van der Waals surface area contributed by atoms with Crippen molar-refractivity contribution in [2.45, 2.75) is 38.1 Å². The average molecular weight is 266 g/mol. The van der Waals surface area contributed by atoms with Crippen molar-refractivity contribution >= 4 is 16.5 Å². The van der Waals surface area contributed by atoms with Gasteiger partial charge in [-0.15, -0.1) is 0 Å². The molecule has 17 heavy (non-hydrogen) atoms. The fraction of sp³-hybridized carbons (Fsp3) is 0.700. The second-order valence-corrected chi connectivity index (χ2v) is 5.04. The van der Waals surface area contributed by atoms with Crippen LogP contribution in [0.3, 0.4) is 0 Å². The molecule has 2 atom stereocenters. The summed E-state index contributed by atoms with van der Waals surface area (Å²) in [4.78, 5) is 3.04. The number of nitrogens with zero attached hydrogens (tertiary/aromatic N) is 1. The molecule has 2 unspecified atom stereocenters. The molecule has 2 heterocycles. The lowest BCUT2D eigenvalue weighted by Gasteiger charge is -2.19. The zero-order valence-corrected chi connectivity index (χ0v) is 10.1. The quantitative estimate of drug-likeness (QED) is 0.912. The first kappa shape index (κ1) is 12.6. The van der Waals surface area contributed by atoms with E-state index in [0.29, 0.717) is 16.5 Å². The molecule has 96 valence electrons. The highest BCUT2D eigenvalue weighted by molar-refractivity contribution is 7.15. The van der Waals surface area contributed by atoms with Gasteiger partial charge in [0.25, 0.3) is 0 Å². The summed E-state index contributed by atoms with van der Waals surface area (Å²) < 4.78 is 42.5. The third-order valence-corrected chi connectivity index (χ3v) is 3.63. The Bertz CT molecular complexity index is 374. The van der Waals surface area contributed by atoms with Crippen molar-refractivity contribution in [1.82, 2.24) is 4.98 Å². The zero-order chi connectivity index (χ0) is 12.5. The molecular formula is C10H13F3N2OS. The van der Waals surface area contributed by atoms with Gasteiger partial charge >= 0.3 is 6.18 Å². The highest BCUT2D eigenvalue weighted by atomic mass is 32.1. The Balaban J connectivity index is 1.96. The Morgan fingerprint density at radius 2 is 2.35 bits per heavy atom. The lowest BCUT2D eigenvalue weighted by Crippen LogP contribution is -2.29. The van der Waals surface area contributed by atoms with Crippen molar-refractivity contribution in [2.24, 2.45) is 0 Å². The third-order valence-electron chi connectivity index (χ3n) is 2.66. The van der Waals surface area contributed by atoms with Crippen molar-refractivity contribution in [3.8, 4) is 0 Å². The number of hydrogen-bond donors (Lipinski definition) is 1. The summed E-state index contributed by atoms with van der Waals surface area (Å²) in [5.74, 6) is 0. The summed E-state index contributed by atoms with van der Waals surface area (Å²) in [6.07, 6.45) is -1.46. The molecule has 1 aliphatic rings. The van der Waals surface area contributed by atoms with E-state index < -0.39 is 11.1 Å². The van der Waals surface area contributed by atoms with Crippen molar-refractivity contribution in [3.63, 3.8) is 0 Å². The van der Waals surface area contributed by atoms with Gasteiger partial charge in [-0.25, -0.2) is 4.98 Å². The minimum atomic E-state index is -4.31. The normalized spacial score (nSPS) is 22.7. The number of anilines is 1. The van der Waals surface area contributed by atoms with Crippen molar-refractivity contribution in [3.05, 3.63) is 11.1 Å². The second kappa shape index (κ2) is 4.81. The number of ether oxygens (including phenoxy) is 1. The van der Waals surface area contributed by atoms with Crippen LogP contribution in [-0.4, -0.2) is 23.7 Å². The maximum Gasteiger partial charge on any atom is 0.427 e. The molecule has 1 aromatic heterocycles. The van der Waals surface area contributed by atoms with Gasteiger partial charge in [0.15, 0.2) is 5.13 Å². The lowest BCUT2D eigenvalue weighted by molar-refractivity contribution is -0.134. The maximum atomic E-state index is 12.4. The summed E-state index contributed by atoms with van der Waals surface area (Å²) >= 11 is 0.624. The van der Waals surface area contributed by atoms with Gasteiger partial charge in [-0.2, -0.15) is 13.2 Å². The zero-order valence-electron chi connectivity index (χ0n) is 9.25. The standard InChI is InChI=1S/C10H13F3N2OS/c1-6(7-3-2-4-16-7)15-9-14-5-8(17-9)10(11,12)13/h5-7H,2-4H2,1H3,(H,14,15). The van der Waals surface area contributed by atoms with E-state index in [4.69, 9.17) is 4.74 Å². The Kier molecular flexibility index (Phi) is 3.58. The van der Waals surface area contributed by atoms with Crippen LogP contribution in [0.1, 0.15) is 24.6 Å². The Morgan fingerprint density at radius 1 is 1.59 bits per heavy atom. The van der Waals surface area contributed by atoms with Crippen LogP contribution in [-0.2, 0) is 10.9 Å². The van der Waals surface area contributed by atoms with E-state index in [1.165, 1.54) is 0 Å². The van der Waals surface area contributed by atoms with Gasteiger partial charge in [-0.05, 0) is 19.8 Å². The van der Waals surface area contributed by atoms with E-state index in [9.17, 15) is 13.2 Å². The third kappa shape index (κ3) is 3.10. The first-order chi connectivity index (χ1) is 7.97. The molecule has 1 aromatic rings. The summed E-state index contributed by atoms with van der Waals surface area (Å²) in [5.41, 5.74) is 0. The lowest BCUT2D eigenvalue weighted by atomic mass is 10.1. The van der Waals surface area contributed by atoms with Crippen molar-refractivity contribution in [1.29, 1.82) is 0 Å². The van der Waals surface area contributed by atoms with Crippen molar-refractivity contribution < 1.29 is 17.9 Å². The number of rotatable bonds is 3. The van der Waals surface area contributed by atoms with E-state index >= 15 is 0 Å². The molecule has 0 amide bonds. The number of halogens is 3. The van der Waals surface area contributed by atoms with Crippen LogP contribution in [0, 0.1) is 0 Å². The van der Waals surface area contributed by atoms with Crippen LogP contribution in [0.4, 0.5) is 18.3 Å². The first-order valence-electron chi connectivity index (χ1n) is 5.38. The van der Waals surface area contributed by atoms with Crippen LogP contribution in [0.5, 0.6) is 0 Å². The predicted octanol–water partition coefficient (Wildman–Crippen LogP) is 3.14. The Morgan fingerprint density at radius 3 is 2.88 bits per heavy atom. The monoisotopic (exact) mass is 266 g/mol. The fourth-order valence-corrected chi connectivity index (χ4v) is 2.54. The average Bonchev–Trinajstić information content (AvgIpc) is 2.85. The Hall–Kier alpha value is -0.820. The van der Waals surface area contributed by atoms with E-state index in [1.807, 2.05) is 6.92 Å². The summed E-state index contributed by atoms with van der Waals surface area (Å²) in [6.45, 7) is 2.62. The van der Waals surface area contributed by atoms with Crippen LogP contribution in [0.2, 0.25) is 0 Å². The van der Waals surface area contributed by atoms with Crippen LogP contribution >= 0.6 is 11.3 Å². The molecule has 1 N–H and O–H groups in total. The molecule has 0 radical (unpaired) electrons. The van der Waals surface area contributed by atoms with Crippen LogP contribution in [0.25, 0.3) is 0 Å². The van der Waals surface area contributed by atoms with Gasteiger partial charge in [0.05, 0.1) is 18.3 Å². The molecule has 1 fully saturated rings. The highest BCUT2D eigenvalue weighted by Crippen LogP contribution is 2.35. The van der Waals surface area contributed by atoms with Crippen molar-refractivity contribution in [2.75, 3.05) is 11.9 Å². The van der Waals surface area contributed by atoms with Gasteiger partial charge in [0, 0.05) is 6.61 Å². The maximum absolute atomic E-state index is 12.4. The smallest absolute Gasteiger partial charge is 0.376 e. The van der Waals surface area contributed by atoms with Gasteiger partial charge < -0.3 is 10.1 Å². The fourth-order valence-electron chi connectivity index (χ4n) is 1.76. The topological polar surface area (TPSA) is 34.2 Å². The van der Waals surface area contributed by atoms with E-state index in [1.54, 1.807) is 0 Å². The van der Waals surface area contributed by atoms with Gasteiger partial charge in [-0.3, -0.25) is 0 Å². The number of hydrogen-bond acceptors (Lipinski definition) is 4. The van der Waals surface area contributed by atoms with Gasteiger partial charge in [0.1, 0.15) is 4.88 Å². The molecule has 0 bridgehead atoms. The largest absolute Gasteiger partial charge is 0.427 e. The molecule has 7 heteroatoms. The molecule has 0 spiro atoms. The summed E-state index contributed by atoms with van der Waals surface area (Å²) in [5, 5.41) is 3.25. The molecule has 1 aliphatic heterocycles. The summed E-state index contributed by atoms with van der Waals surface area (Å²) in [6, 6.07) is -0.0234. The van der Waals surface area contributed by atoms with Gasteiger partial charge in [0.2, 0.25) is 0 Å². The molecule has 0 aliphatic carbocycles. The van der Waals surface area contributed by atoms with Gasteiger partial charge in [-0.1, -0.05) is 11.3 Å². The number of thiazole rings is 1. The van der Waals surface area contributed by atoms with Crippen LogP contribution in [0.15, 0.2) is 6.20 Å². The van der Waals surface area contributed by atoms with E-state index in [2.05, 4.69) is 10.3 Å². The molecule has 3 nitrogen and oxygen atoms in total. The molecule has 0 aromatic carbocycles. The first-order valence-corrected chi connectivity index (χ1v) is 6.19. The molecular weight excluding hydrogens is 253 g/mol. The molecule has 1 saturated heterocycles. The number of nitrogens with one attached hydrogen (secondary N) is 1. The molecule has 2 rings (SSSR count). The van der Waals surface area contributed by atoms with Crippen LogP contribution < -0.4 is 5.32 Å². The van der Waals surface area contributed by atoms with E-state index in [0.717, 1.165) is 25.6 Å². The number of aromatic nitrogens is 1.